The monoisotopic (exact) mass is 268 g/mol. The van der Waals surface area contributed by atoms with Crippen LogP contribution in [0.25, 0.3) is 0 Å². The highest BCUT2D eigenvalue weighted by atomic mass is 16.6. The van der Waals surface area contributed by atoms with Gasteiger partial charge in [-0.2, -0.15) is 0 Å². The molecule has 6 heteroatoms. The second-order valence-electron chi connectivity index (χ2n) is 3.52. The van der Waals surface area contributed by atoms with Gasteiger partial charge in [-0.1, -0.05) is 6.07 Å². The molecule has 0 aliphatic carbocycles. The smallest absolute Gasteiger partial charge is 0.310 e. The van der Waals surface area contributed by atoms with Gasteiger partial charge in [0.2, 0.25) is 5.91 Å². The van der Waals surface area contributed by atoms with Crippen molar-refractivity contribution >= 4 is 17.8 Å². The molecule has 0 radical (unpaired) electrons. The standard InChI is InChI=1S/C5H5N.C4H9NO.C4H6O3/c1-2-4-6-5-3-1;1-4(6)5(2)3;1-3(5)7-4(2)6/h1-5H;1-3H3;1-2H3. The summed E-state index contributed by atoms with van der Waals surface area (Å²) in [5, 5.41) is 0. The predicted octanol–water partition coefficient (Wildman–Crippen LogP) is 1.27. The summed E-state index contributed by atoms with van der Waals surface area (Å²) in [7, 11) is 3.45. The minimum atomic E-state index is -0.562. The van der Waals surface area contributed by atoms with Gasteiger partial charge in [0.15, 0.2) is 0 Å². The van der Waals surface area contributed by atoms with E-state index in [1.165, 1.54) is 25.7 Å². The number of carbonyl (C=O) groups excluding carboxylic acids is 3. The molecule has 1 amide bonds. The van der Waals surface area contributed by atoms with Crippen molar-refractivity contribution in [3.8, 4) is 0 Å². The molecular formula is C13H20N2O4. The minimum Gasteiger partial charge on any atom is -0.394 e. The van der Waals surface area contributed by atoms with Crippen LogP contribution >= 0.6 is 0 Å². The van der Waals surface area contributed by atoms with Gasteiger partial charge >= 0.3 is 11.9 Å². The molecule has 6 nitrogen and oxygen atoms in total. The van der Waals surface area contributed by atoms with Crippen molar-refractivity contribution < 1.29 is 19.1 Å². The Morgan fingerprint density at radius 3 is 1.32 bits per heavy atom. The van der Waals surface area contributed by atoms with Crippen LogP contribution < -0.4 is 0 Å². The fourth-order valence-corrected chi connectivity index (χ4v) is 0.515. The average Bonchev–Trinajstić information content (AvgIpc) is 2.30. The molecule has 0 aliphatic rings. The molecule has 0 saturated heterocycles. The number of ether oxygens (including phenoxy) is 1. The Labute approximate surface area is 113 Å². The zero-order chi connectivity index (χ0) is 15.3. The Hall–Kier alpha value is -2.24. The molecule has 0 N–H and O–H groups in total. The first kappa shape index (κ1) is 19.1. The molecule has 0 saturated carbocycles. The van der Waals surface area contributed by atoms with E-state index < -0.39 is 11.9 Å². The summed E-state index contributed by atoms with van der Waals surface area (Å²) in [5.74, 6) is -1.03. The molecule has 1 heterocycles. The third-order valence-corrected chi connectivity index (χ3v) is 1.48. The van der Waals surface area contributed by atoms with Gasteiger partial charge in [-0.05, 0) is 12.1 Å². The van der Waals surface area contributed by atoms with Gasteiger partial charge in [0.05, 0.1) is 0 Å². The zero-order valence-electron chi connectivity index (χ0n) is 11.9. The summed E-state index contributed by atoms with van der Waals surface area (Å²) in [5.41, 5.74) is 0. The van der Waals surface area contributed by atoms with Gasteiger partial charge in [0.1, 0.15) is 0 Å². The molecule has 0 aliphatic heterocycles. The maximum Gasteiger partial charge on any atom is 0.310 e. The van der Waals surface area contributed by atoms with Crippen molar-refractivity contribution in [2.75, 3.05) is 14.1 Å². The van der Waals surface area contributed by atoms with Crippen molar-refractivity contribution in [3.63, 3.8) is 0 Å². The van der Waals surface area contributed by atoms with E-state index in [0.717, 1.165) is 0 Å². The van der Waals surface area contributed by atoms with Crippen LogP contribution in [0.4, 0.5) is 0 Å². The van der Waals surface area contributed by atoms with E-state index in [0.29, 0.717) is 0 Å². The highest BCUT2D eigenvalue weighted by molar-refractivity contribution is 5.82. The number of pyridine rings is 1. The first-order chi connectivity index (χ1) is 8.77. The maximum absolute atomic E-state index is 10.1. The lowest BCUT2D eigenvalue weighted by Crippen LogP contribution is -2.17. The topological polar surface area (TPSA) is 76.6 Å². The summed E-state index contributed by atoms with van der Waals surface area (Å²) in [4.78, 5) is 35.0. The molecule has 1 rings (SSSR count). The van der Waals surface area contributed by atoms with Gasteiger partial charge in [0.25, 0.3) is 0 Å². The van der Waals surface area contributed by atoms with E-state index in [1.807, 2.05) is 18.2 Å². The van der Waals surface area contributed by atoms with Gasteiger partial charge in [-0.15, -0.1) is 0 Å². The summed E-state index contributed by atoms with van der Waals surface area (Å²) in [6.07, 6.45) is 3.50. The molecule has 0 spiro atoms. The number of aromatic nitrogens is 1. The number of carbonyl (C=O) groups is 3. The summed E-state index contributed by atoms with van der Waals surface area (Å²) in [6.45, 7) is 3.89. The minimum absolute atomic E-state index is 0.0926. The van der Waals surface area contributed by atoms with Crippen LogP contribution in [0.5, 0.6) is 0 Å². The van der Waals surface area contributed by atoms with Crippen LogP contribution in [-0.4, -0.2) is 41.8 Å². The zero-order valence-corrected chi connectivity index (χ0v) is 11.9. The number of nitrogens with zero attached hydrogens (tertiary/aromatic N) is 2. The first-order valence-corrected chi connectivity index (χ1v) is 5.49. The lowest BCUT2D eigenvalue weighted by Gasteiger charge is -2.02. The maximum atomic E-state index is 10.1. The van der Waals surface area contributed by atoms with E-state index in [1.54, 1.807) is 26.5 Å². The molecular weight excluding hydrogens is 248 g/mol. The third-order valence-electron chi connectivity index (χ3n) is 1.48. The van der Waals surface area contributed by atoms with Crippen LogP contribution in [0.1, 0.15) is 20.8 Å². The number of hydrogen-bond acceptors (Lipinski definition) is 5. The molecule has 0 aromatic carbocycles. The molecule has 0 unspecified atom stereocenters. The number of amides is 1. The lowest BCUT2D eigenvalue weighted by molar-refractivity contribution is -0.156. The van der Waals surface area contributed by atoms with Gasteiger partial charge < -0.3 is 9.64 Å². The highest BCUT2D eigenvalue weighted by Crippen LogP contribution is 1.74. The molecule has 1 aromatic rings. The normalized spacial score (nSPS) is 7.84. The van der Waals surface area contributed by atoms with Crippen molar-refractivity contribution in [2.24, 2.45) is 0 Å². The summed E-state index contributed by atoms with van der Waals surface area (Å²) >= 11 is 0. The SMILES string of the molecule is CC(=O)N(C)C.CC(=O)OC(C)=O.c1ccncc1. The quantitative estimate of drug-likeness (QED) is 0.523. The third kappa shape index (κ3) is 21.6. The molecule has 0 fully saturated rings. The Bertz CT molecular complexity index is 339. The van der Waals surface area contributed by atoms with Gasteiger partial charge in [-0.3, -0.25) is 19.4 Å². The van der Waals surface area contributed by atoms with Crippen molar-refractivity contribution in [3.05, 3.63) is 30.6 Å². The second kappa shape index (κ2) is 12.2. The fourth-order valence-electron chi connectivity index (χ4n) is 0.515. The van der Waals surface area contributed by atoms with E-state index in [2.05, 4.69) is 9.72 Å². The van der Waals surface area contributed by atoms with Crippen molar-refractivity contribution in [2.45, 2.75) is 20.8 Å². The predicted molar refractivity (Wildman–Crippen MR) is 71.1 cm³/mol. The van der Waals surface area contributed by atoms with Crippen LogP contribution in [0.2, 0.25) is 0 Å². The van der Waals surface area contributed by atoms with E-state index in [9.17, 15) is 14.4 Å². The van der Waals surface area contributed by atoms with Crippen LogP contribution in [0, 0.1) is 0 Å². The average molecular weight is 268 g/mol. The number of esters is 2. The molecule has 19 heavy (non-hydrogen) atoms. The van der Waals surface area contributed by atoms with E-state index >= 15 is 0 Å². The Morgan fingerprint density at radius 1 is 0.895 bits per heavy atom. The first-order valence-electron chi connectivity index (χ1n) is 5.49. The lowest BCUT2D eigenvalue weighted by atomic mass is 10.5. The van der Waals surface area contributed by atoms with Crippen molar-refractivity contribution in [1.82, 2.24) is 9.88 Å². The van der Waals surface area contributed by atoms with Gasteiger partial charge in [0, 0.05) is 47.3 Å². The fraction of sp³-hybridized carbons (Fsp3) is 0.385. The molecule has 0 bridgehead atoms. The highest BCUT2D eigenvalue weighted by Gasteiger charge is 1.93. The summed E-state index contributed by atoms with van der Waals surface area (Å²) < 4.78 is 3.97. The van der Waals surface area contributed by atoms with Gasteiger partial charge in [-0.25, -0.2) is 0 Å². The van der Waals surface area contributed by atoms with Crippen LogP contribution in [0.15, 0.2) is 30.6 Å². The van der Waals surface area contributed by atoms with Crippen molar-refractivity contribution in [1.29, 1.82) is 0 Å². The second-order valence-corrected chi connectivity index (χ2v) is 3.52. The Morgan fingerprint density at radius 2 is 1.26 bits per heavy atom. The van der Waals surface area contributed by atoms with E-state index in [4.69, 9.17) is 0 Å². The number of rotatable bonds is 0. The number of hydrogen-bond donors (Lipinski definition) is 0. The van der Waals surface area contributed by atoms with Crippen LogP contribution in [-0.2, 0) is 19.1 Å². The Balaban J connectivity index is 0. The summed E-state index contributed by atoms with van der Waals surface area (Å²) in [6, 6.07) is 5.72. The molecule has 106 valence electrons. The Kier molecular flexibility index (Phi) is 12.3. The largest absolute Gasteiger partial charge is 0.394 e. The molecule has 1 aromatic heterocycles. The molecule has 0 atom stereocenters. The van der Waals surface area contributed by atoms with Crippen LogP contribution in [0.3, 0.4) is 0 Å². The van der Waals surface area contributed by atoms with E-state index in [-0.39, 0.29) is 5.91 Å².